The second kappa shape index (κ2) is 5.88. The fraction of sp³-hybridized carbons (Fsp3) is 0.312. The van der Waals surface area contributed by atoms with E-state index < -0.39 is 23.3 Å². The lowest BCUT2D eigenvalue weighted by Gasteiger charge is -2.29. The van der Waals surface area contributed by atoms with Crippen LogP contribution < -0.4 is 21.9 Å². The van der Waals surface area contributed by atoms with Crippen LogP contribution in [0.2, 0.25) is 0 Å². The fourth-order valence-corrected chi connectivity index (χ4v) is 2.95. The molecule has 0 aliphatic carbocycles. The number of nitrogens with zero attached hydrogens (tertiary/aromatic N) is 2. The molecule has 0 fully saturated rings. The van der Waals surface area contributed by atoms with Crippen molar-refractivity contribution < 1.29 is 9.90 Å². The van der Waals surface area contributed by atoms with Gasteiger partial charge in [-0.1, -0.05) is 12.1 Å². The quantitative estimate of drug-likeness (QED) is 0.780. The van der Waals surface area contributed by atoms with Gasteiger partial charge in [0.15, 0.2) is 0 Å². The molecular formula is C16H18N4O4. The van der Waals surface area contributed by atoms with E-state index in [4.69, 9.17) is 0 Å². The lowest BCUT2D eigenvalue weighted by atomic mass is 9.98. The van der Waals surface area contributed by atoms with Crippen LogP contribution in [0.4, 0.5) is 10.6 Å². The number of amides is 2. The number of anilines is 1. The molecule has 2 amide bonds. The Balaban J connectivity index is 2.32. The van der Waals surface area contributed by atoms with Gasteiger partial charge in [-0.05, 0) is 31.5 Å². The Morgan fingerprint density at radius 1 is 1.04 bits per heavy atom. The van der Waals surface area contributed by atoms with Gasteiger partial charge < -0.3 is 10.4 Å². The van der Waals surface area contributed by atoms with Crippen molar-refractivity contribution in [1.82, 2.24) is 14.5 Å². The number of nitrogens with one attached hydrogen (secondary N) is 2. The van der Waals surface area contributed by atoms with Gasteiger partial charge >= 0.3 is 11.7 Å². The van der Waals surface area contributed by atoms with E-state index in [1.807, 2.05) is 0 Å². The van der Waals surface area contributed by atoms with Gasteiger partial charge in [0.05, 0.1) is 11.6 Å². The van der Waals surface area contributed by atoms with Gasteiger partial charge in [0.1, 0.15) is 11.6 Å². The molecule has 8 nitrogen and oxygen atoms in total. The number of rotatable bonds is 3. The van der Waals surface area contributed by atoms with Crippen molar-refractivity contribution in [3.05, 3.63) is 56.2 Å². The Labute approximate surface area is 137 Å². The minimum Gasteiger partial charge on any atom is -0.508 e. The van der Waals surface area contributed by atoms with Gasteiger partial charge in [-0.15, -0.1) is 0 Å². The number of carbonyl (C=O) groups is 1. The predicted molar refractivity (Wildman–Crippen MR) is 88.4 cm³/mol. The third-order valence-electron chi connectivity index (χ3n) is 4.12. The van der Waals surface area contributed by atoms with Gasteiger partial charge in [-0.25, -0.2) is 9.59 Å². The van der Waals surface area contributed by atoms with E-state index in [1.165, 1.54) is 16.7 Å². The molecule has 1 aliphatic rings. The molecule has 3 N–H and O–H groups in total. The van der Waals surface area contributed by atoms with Gasteiger partial charge in [0, 0.05) is 13.1 Å². The highest BCUT2D eigenvalue weighted by Crippen LogP contribution is 2.29. The summed E-state index contributed by atoms with van der Waals surface area (Å²) in [6.45, 7) is 4.06. The highest BCUT2D eigenvalue weighted by atomic mass is 16.3. The highest BCUT2D eigenvalue weighted by Gasteiger charge is 2.32. The summed E-state index contributed by atoms with van der Waals surface area (Å²) >= 11 is 0. The zero-order chi connectivity index (χ0) is 17.4. The smallest absolute Gasteiger partial charge is 0.332 e. The molecule has 1 aliphatic heterocycles. The Morgan fingerprint density at radius 3 is 2.25 bits per heavy atom. The molecule has 2 heterocycles. The minimum absolute atomic E-state index is 0.0868. The summed E-state index contributed by atoms with van der Waals surface area (Å²) in [6.07, 6.45) is 0. The molecule has 0 bridgehead atoms. The van der Waals surface area contributed by atoms with Crippen molar-refractivity contribution >= 4 is 11.8 Å². The van der Waals surface area contributed by atoms with E-state index in [-0.39, 0.29) is 18.1 Å². The molecule has 0 saturated carbocycles. The van der Waals surface area contributed by atoms with Gasteiger partial charge in [0.2, 0.25) is 0 Å². The Morgan fingerprint density at radius 2 is 1.67 bits per heavy atom. The van der Waals surface area contributed by atoms with Crippen LogP contribution in [0.3, 0.4) is 0 Å². The van der Waals surface area contributed by atoms with E-state index in [2.05, 4.69) is 10.6 Å². The van der Waals surface area contributed by atoms with Gasteiger partial charge in [0.25, 0.3) is 5.56 Å². The maximum atomic E-state index is 12.8. The number of aromatic hydroxyl groups is 1. The van der Waals surface area contributed by atoms with E-state index in [0.717, 1.165) is 4.57 Å². The summed E-state index contributed by atoms with van der Waals surface area (Å²) in [5.41, 5.74) is 0.0664. The van der Waals surface area contributed by atoms with Crippen molar-refractivity contribution in [2.45, 2.75) is 33.0 Å². The van der Waals surface area contributed by atoms with Crippen LogP contribution in [-0.2, 0) is 13.1 Å². The van der Waals surface area contributed by atoms with E-state index in [0.29, 0.717) is 17.7 Å². The minimum atomic E-state index is -0.696. The standard InChI is InChI=1S/C16H18N4O4/c1-3-19-13-11(14(22)20(4-2)16(19)24)12(17-15(23)18-13)9-5-7-10(21)8-6-9/h5-8,12,21H,3-4H2,1-2H3,(H2,17,18,23). The van der Waals surface area contributed by atoms with Crippen molar-refractivity contribution in [3.63, 3.8) is 0 Å². The predicted octanol–water partition coefficient (Wildman–Crippen LogP) is 0.980. The molecule has 2 aromatic rings. The van der Waals surface area contributed by atoms with Crippen molar-refractivity contribution in [2.24, 2.45) is 0 Å². The summed E-state index contributed by atoms with van der Waals surface area (Å²) in [6, 6.07) is 5.04. The summed E-state index contributed by atoms with van der Waals surface area (Å²) < 4.78 is 2.53. The number of fused-ring (bicyclic) bond motifs is 1. The zero-order valence-corrected chi connectivity index (χ0v) is 13.4. The first-order chi connectivity index (χ1) is 11.5. The molecule has 126 valence electrons. The average molecular weight is 330 g/mol. The van der Waals surface area contributed by atoms with Crippen molar-refractivity contribution in [1.29, 1.82) is 0 Å². The lowest BCUT2D eigenvalue weighted by molar-refractivity contribution is 0.248. The van der Waals surface area contributed by atoms with E-state index in [9.17, 15) is 19.5 Å². The Kier molecular flexibility index (Phi) is 3.88. The first-order valence-electron chi connectivity index (χ1n) is 7.71. The van der Waals surface area contributed by atoms with E-state index >= 15 is 0 Å². The third kappa shape index (κ3) is 2.36. The molecule has 1 aromatic heterocycles. The number of benzene rings is 1. The summed E-state index contributed by atoms with van der Waals surface area (Å²) in [5, 5.41) is 14.7. The molecular weight excluding hydrogens is 312 g/mol. The second-order valence-corrected chi connectivity index (χ2v) is 5.46. The maximum absolute atomic E-state index is 12.8. The summed E-state index contributed by atoms with van der Waals surface area (Å²) in [4.78, 5) is 37.3. The Hall–Kier alpha value is -3.03. The van der Waals surface area contributed by atoms with Crippen LogP contribution in [0.5, 0.6) is 5.75 Å². The fourth-order valence-electron chi connectivity index (χ4n) is 2.95. The highest BCUT2D eigenvalue weighted by molar-refractivity contribution is 5.92. The van der Waals surface area contributed by atoms with Crippen molar-refractivity contribution in [2.75, 3.05) is 5.32 Å². The topological polar surface area (TPSA) is 105 Å². The average Bonchev–Trinajstić information content (AvgIpc) is 2.55. The van der Waals surface area contributed by atoms with Crippen LogP contribution in [0.25, 0.3) is 0 Å². The van der Waals surface area contributed by atoms with Crippen molar-refractivity contribution in [3.8, 4) is 5.75 Å². The molecule has 0 radical (unpaired) electrons. The van der Waals surface area contributed by atoms with Crippen LogP contribution in [0.1, 0.15) is 31.0 Å². The number of aromatic nitrogens is 2. The van der Waals surface area contributed by atoms with Gasteiger partial charge in [-0.2, -0.15) is 0 Å². The summed E-state index contributed by atoms with van der Waals surface area (Å²) in [5.74, 6) is 0.308. The van der Waals surface area contributed by atoms with Crippen LogP contribution in [0.15, 0.2) is 33.9 Å². The molecule has 3 rings (SSSR count). The third-order valence-corrected chi connectivity index (χ3v) is 4.12. The SMILES string of the molecule is CCn1c2c(c(=O)n(CC)c1=O)C(c1ccc(O)cc1)NC(=O)N2. The zero-order valence-electron chi connectivity index (χ0n) is 13.4. The van der Waals surface area contributed by atoms with E-state index in [1.54, 1.807) is 26.0 Å². The normalized spacial score (nSPS) is 16.2. The van der Waals surface area contributed by atoms with Crippen LogP contribution in [-0.4, -0.2) is 20.3 Å². The molecule has 1 aromatic carbocycles. The largest absolute Gasteiger partial charge is 0.508 e. The maximum Gasteiger partial charge on any atom is 0.332 e. The number of urea groups is 1. The molecule has 8 heteroatoms. The van der Waals surface area contributed by atoms with Gasteiger partial charge in [-0.3, -0.25) is 19.2 Å². The molecule has 1 unspecified atom stereocenters. The molecule has 1 atom stereocenters. The Bertz CT molecular complexity index is 911. The molecule has 0 saturated heterocycles. The monoisotopic (exact) mass is 330 g/mol. The number of phenols is 1. The molecule has 24 heavy (non-hydrogen) atoms. The first-order valence-corrected chi connectivity index (χ1v) is 7.71. The summed E-state index contributed by atoms with van der Waals surface area (Å²) in [7, 11) is 0. The second-order valence-electron chi connectivity index (χ2n) is 5.46. The molecule has 0 spiro atoms. The van der Waals surface area contributed by atoms with Crippen LogP contribution >= 0.6 is 0 Å². The number of phenolic OH excluding ortho intramolecular Hbond substituents is 1. The number of hydrogen-bond acceptors (Lipinski definition) is 4. The number of hydrogen-bond donors (Lipinski definition) is 3. The first kappa shape index (κ1) is 15.9. The lowest BCUT2D eigenvalue weighted by Crippen LogP contribution is -2.50. The van der Waals surface area contributed by atoms with Crippen LogP contribution in [0, 0.1) is 0 Å². The number of carbonyl (C=O) groups excluding carboxylic acids is 1.